The third kappa shape index (κ3) is 4.03. The van der Waals surface area contributed by atoms with Gasteiger partial charge in [-0.1, -0.05) is 0 Å². The van der Waals surface area contributed by atoms with Crippen molar-refractivity contribution in [2.24, 2.45) is 0 Å². The lowest BCUT2D eigenvalue weighted by molar-refractivity contribution is 0.0935. The van der Waals surface area contributed by atoms with Gasteiger partial charge in [-0.3, -0.25) is 9.78 Å². The summed E-state index contributed by atoms with van der Waals surface area (Å²) < 4.78 is 0. The first kappa shape index (κ1) is 14.5. The fourth-order valence-corrected chi connectivity index (χ4v) is 2.53. The van der Waals surface area contributed by atoms with Crippen LogP contribution in [0.3, 0.4) is 0 Å². The van der Waals surface area contributed by atoms with E-state index in [4.69, 9.17) is 0 Å². The van der Waals surface area contributed by atoms with Crippen molar-refractivity contribution in [2.75, 3.05) is 11.9 Å². The predicted molar refractivity (Wildman–Crippen MR) is 81.1 cm³/mol. The van der Waals surface area contributed by atoms with Crippen molar-refractivity contribution in [3.8, 4) is 0 Å². The summed E-state index contributed by atoms with van der Waals surface area (Å²) in [6.45, 7) is 4.70. The molecule has 0 aliphatic carbocycles. The first-order chi connectivity index (χ1) is 9.69. The molecule has 0 bridgehead atoms. The maximum Gasteiger partial charge on any atom is 0.271 e. The highest BCUT2D eigenvalue weighted by Crippen LogP contribution is 2.09. The molecule has 0 saturated heterocycles. The molecule has 1 atom stereocenters. The number of thiophene rings is 1. The van der Waals surface area contributed by atoms with Gasteiger partial charge in [0.15, 0.2) is 0 Å². The second kappa shape index (κ2) is 7.00. The molecule has 0 radical (unpaired) electrons. The number of anilines is 1. The number of nitrogens with zero attached hydrogens (tertiary/aromatic N) is 2. The lowest BCUT2D eigenvalue weighted by Gasteiger charge is -2.13. The van der Waals surface area contributed by atoms with E-state index in [1.807, 2.05) is 19.2 Å². The Morgan fingerprint density at radius 3 is 3.00 bits per heavy atom. The maximum absolute atomic E-state index is 12.1. The van der Waals surface area contributed by atoms with E-state index in [9.17, 15) is 4.79 Å². The van der Waals surface area contributed by atoms with Crippen LogP contribution in [0, 0.1) is 0 Å². The van der Waals surface area contributed by atoms with Gasteiger partial charge >= 0.3 is 0 Å². The van der Waals surface area contributed by atoms with Gasteiger partial charge in [0.1, 0.15) is 11.5 Å². The van der Waals surface area contributed by atoms with Gasteiger partial charge in [0.05, 0.1) is 12.4 Å². The summed E-state index contributed by atoms with van der Waals surface area (Å²) in [6.07, 6.45) is 3.90. The van der Waals surface area contributed by atoms with E-state index in [2.05, 4.69) is 32.0 Å². The Balaban J connectivity index is 1.95. The first-order valence-corrected chi connectivity index (χ1v) is 7.51. The van der Waals surface area contributed by atoms with Gasteiger partial charge in [0.25, 0.3) is 5.91 Å². The fraction of sp³-hybridized carbons (Fsp3) is 0.357. The fourth-order valence-electron chi connectivity index (χ4n) is 1.85. The van der Waals surface area contributed by atoms with Crippen LogP contribution < -0.4 is 10.6 Å². The Bertz CT molecular complexity index is 556. The van der Waals surface area contributed by atoms with E-state index in [1.165, 1.54) is 11.8 Å². The standard InChI is InChI=1S/C14H18N4OS/c1-3-16-13-8-15-7-12(18-13)14(19)17-10(2)6-11-4-5-20-9-11/h4-5,7-10H,3,6H2,1-2H3,(H,16,18)(H,17,19). The van der Waals surface area contributed by atoms with Crippen molar-refractivity contribution in [3.05, 3.63) is 40.5 Å². The molecule has 0 aromatic carbocycles. The molecule has 0 saturated carbocycles. The van der Waals surface area contributed by atoms with E-state index < -0.39 is 0 Å². The number of carbonyl (C=O) groups excluding carboxylic acids is 1. The van der Waals surface area contributed by atoms with Crippen LogP contribution in [0.5, 0.6) is 0 Å². The molecule has 2 aromatic rings. The minimum absolute atomic E-state index is 0.0571. The molecule has 0 aliphatic rings. The smallest absolute Gasteiger partial charge is 0.271 e. The summed E-state index contributed by atoms with van der Waals surface area (Å²) in [5.41, 5.74) is 1.57. The monoisotopic (exact) mass is 290 g/mol. The number of carbonyl (C=O) groups is 1. The maximum atomic E-state index is 12.1. The highest BCUT2D eigenvalue weighted by atomic mass is 32.1. The molecule has 1 amide bonds. The highest BCUT2D eigenvalue weighted by molar-refractivity contribution is 7.07. The molecule has 2 N–H and O–H groups in total. The largest absolute Gasteiger partial charge is 0.369 e. The molecule has 6 heteroatoms. The zero-order valence-corrected chi connectivity index (χ0v) is 12.4. The Labute approximate surface area is 122 Å². The summed E-state index contributed by atoms with van der Waals surface area (Å²) in [6, 6.07) is 2.13. The van der Waals surface area contributed by atoms with E-state index in [-0.39, 0.29) is 11.9 Å². The van der Waals surface area contributed by atoms with E-state index in [0.29, 0.717) is 11.5 Å². The van der Waals surface area contributed by atoms with Gasteiger partial charge in [-0.05, 0) is 42.7 Å². The van der Waals surface area contributed by atoms with Gasteiger partial charge in [-0.15, -0.1) is 0 Å². The Morgan fingerprint density at radius 2 is 2.30 bits per heavy atom. The molecular formula is C14H18N4OS. The number of aromatic nitrogens is 2. The quantitative estimate of drug-likeness (QED) is 0.857. The molecule has 1 unspecified atom stereocenters. The van der Waals surface area contributed by atoms with Gasteiger partial charge < -0.3 is 10.6 Å². The summed E-state index contributed by atoms with van der Waals surface area (Å²) in [4.78, 5) is 20.4. The van der Waals surface area contributed by atoms with Crippen molar-refractivity contribution in [1.29, 1.82) is 0 Å². The van der Waals surface area contributed by atoms with Crippen molar-refractivity contribution in [3.63, 3.8) is 0 Å². The van der Waals surface area contributed by atoms with Crippen molar-refractivity contribution >= 4 is 23.1 Å². The van der Waals surface area contributed by atoms with Gasteiger partial charge in [0.2, 0.25) is 0 Å². The van der Waals surface area contributed by atoms with E-state index in [1.54, 1.807) is 17.5 Å². The molecule has 106 valence electrons. The lowest BCUT2D eigenvalue weighted by atomic mass is 10.1. The minimum atomic E-state index is -0.194. The normalized spacial score (nSPS) is 11.9. The number of amides is 1. The SMILES string of the molecule is CCNc1cncc(C(=O)NC(C)Cc2ccsc2)n1. The summed E-state index contributed by atoms with van der Waals surface area (Å²) in [5, 5.41) is 10.1. The zero-order valence-electron chi connectivity index (χ0n) is 11.6. The van der Waals surface area contributed by atoms with Gasteiger partial charge in [-0.25, -0.2) is 4.98 Å². The van der Waals surface area contributed by atoms with Gasteiger partial charge in [-0.2, -0.15) is 11.3 Å². The van der Waals surface area contributed by atoms with Crippen LogP contribution in [0.15, 0.2) is 29.2 Å². The van der Waals surface area contributed by atoms with Crippen LogP contribution >= 0.6 is 11.3 Å². The molecule has 5 nitrogen and oxygen atoms in total. The predicted octanol–water partition coefficient (Wildman–Crippen LogP) is 2.33. The van der Waals surface area contributed by atoms with E-state index >= 15 is 0 Å². The van der Waals surface area contributed by atoms with Crippen LogP contribution in [0.4, 0.5) is 5.82 Å². The molecule has 0 aliphatic heterocycles. The molecule has 2 aromatic heterocycles. The number of rotatable bonds is 6. The van der Waals surface area contributed by atoms with Crippen LogP contribution in [-0.2, 0) is 6.42 Å². The lowest BCUT2D eigenvalue weighted by Crippen LogP contribution is -2.34. The van der Waals surface area contributed by atoms with Crippen molar-refractivity contribution in [2.45, 2.75) is 26.3 Å². The number of hydrogen-bond acceptors (Lipinski definition) is 5. The van der Waals surface area contributed by atoms with Crippen molar-refractivity contribution < 1.29 is 4.79 Å². The Hall–Kier alpha value is -1.95. The third-order valence-electron chi connectivity index (χ3n) is 2.72. The van der Waals surface area contributed by atoms with Crippen LogP contribution in [0.1, 0.15) is 29.9 Å². The average molecular weight is 290 g/mol. The molecular weight excluding hydrogens is 272 g/mol. The van der Waals surface area contributed by atoms with Crippen molar-refractivity contribution in [1.82, 2.24) is 15.3 Å². The average Bonchev–Trinajstić information content (AvgIpc) is 2.92. The second-order valence-corrected chi connectivity index (χ2v) is 5.31. The minimum Gasteiger partial charge on any atom is -0.369 e. The second-order valence-electron chi connectivity index (χ2n) is 4.53. The summed E-state index contributed by atoms with van der Waals surface area (Å²) >= 11 is 1.66. The summed E-state index contributed by atoms with van der Waals surface area (Å²) in [7, 11) is 0. The van der Waals surface area contributed by atoms with Crippen LogP contribution in [0.25, 0.3) is 0 Å². The van der Waals surface area contributed by atoms with Crippen LogP contribution in [-0.4, -0.2) is 28.5 Å². The van der Waals surface area contributed by atoms with Crippen LogP contribution in [0.2, 0.25) is 0 Å². The Morgan fingerprint density at radius 1 is 1.45 bits per heavy atom. The molecule has 2 rings (SSSR count). The molecule has 0 spiro atoms. The first-order valence-electron chi connectivity index (χ1n) is 6.57. The topological polar surface area (TPSA) is 66.9 Å². The van der Waals surface area contributed by atoms with Gasteiger partial charge in [0, 0.05) is 12.6 Å². The molecule has 2 heterocycles. The molecule has 20 heavy (non-hydrogen) atoms. The zero-order chi connectivity index (χ0) is 14.4. The number of hydrogen-bond donors (Lipinski definition) is 2. The molecule has 0 fully saturated rings. The summed E-state index contributed by atoms with van der Waals surface area (Å²) in [5.74, 6) is 0.422. The van der Waals surface area contributed by atoms with E-state index in [0.717, 1.165) is 13.0 Å². The third-order valence-corrected chi connectivity index (χ3v) is 3.46. The highest BCUT2D eigenvalue weighted by Gasteiger charge is 2.12. The number of nitrogens with one attached hydrogen (secondary N) is 2. The Kier molecular flexibility index (Phi) is 5.06.